The lowest BCUT2D eigenvalue weighted by atomic mass is 10.1. The first-order valence-electron chi connectivity index (χ1n) is 11.0. The zero-order valence-electron chi connectivity index (χ0n) is 20.0. The van der Waals surface area contributed by atoms with Crippen LogP contribution in [-0.2, 0) is 20.8 Å². The fourth-order valence-corrected chi connectivity index (χ4v) is 4.35. The van der Waals surface area contributed by atoms with Crippen LogP contribution in [0, 0.1) is 0 Å². The minimum Gasteiger partial charge on any atom is -0.493 e. The van der Waals surface area contributed by atoms with E-state index in [1.165, 1.54) is 29.1 Å². The summed E-state index contributed by atoms with van der Waals surface area (Å²) in [6, 6.07) is 12.1. The molecule has 0 amide bonds. The second-order valence-corrected chi connectivity index (χ2v) is 8.33. The Bertz CT molecular complexity index is 1370. The summed E-state index contributed by atoms with van der Waals surface area (Å²) in [5.74, 6) is 0.199. The molecule has 0 radical (unpaired) electrons. The largest absolute Gasteiger partial charge is 0.493 e. The third-order valence-corrected chi connectivity index (χ3v) is 6.03. The summed E-state index contributed by atoms with van der Waals surface area (Å²) < 4.78 is 23.1. The van der Waals surface area contributed by atoms with Crippen LogP contribution in [-0.4, -0.2) is 43.9 Å². The predicted octanol–water partition coefficient (Wildman–Crippen LogP) is 2.32. The maximum atomic E-state index is 13.3. The molecule has 1 heterocycles. The first-order valence-corrected chi connectivity index (χ1v) is 11.8. The fourth-order valence-electron chi connectivity index (χ4n) is 3.32. The maximum Gasteiger partial charge on any atom is 0.337 e. The van der Waals surface area contributed by atoms with Crippen molar-refractivity contribution in [1.82, 2.24) is 4.57 Å². The van der Waals surface area contributed by atoms with Crippen LogP contribution >= 0.6 is 11.3 Å². The molecule has 35 heavy (non-hydrogen) atoms. The van der Waals surface area contributed by atoms with Gasteiger partial charge >= 0.3 is 11.9 Å². The van der Waals surface area contributed by atoms with Gasteiger partial charge < -0.3 is 18.9 Å². The van der Waals surface area contributed by atoms with Crippen LogP contribution in [0.25, 0.3) is 12.2 Å². The summed E-state index contributed by atoms with van der Waals surface area (Å²) in [7, 11) is 2.87. The Morgan fingerprint density at radius 1 is 1.00 bits per heavy atom. The van der Waals surface area contributed by atoms with Crippen molar-refractivity contribution in [3.63, 3.8) is 0 Å². The molecule has 0 aliphatic carbocycles. The van der Waals surface area contributed by atoms with Crippen molar-refractivity contribution in [2.45, 2.75) is 20.4 Å². The number of methoxy groups -OCH3 is 2. The minimum atomic E-state index is -0.530. The monoisotopic (exact) mass is 497 g/mol. The molecule has 0 aliphatic rings. The highest BCUT2D eigenvalue weighted by Crippen LogP contribution is 2.28. The second-order valence-electron chi connectivity index (χ2n) is 7.27. The van der Waals surface area contributed by atoms with Gasteiger partial charge in [0.05, 0.1) is 50.1 Å². The number of carbonyl (C=O) groups is 2. The number of ether oxygens (including phenoxy) is 4. The summed E-state index contributed by atoms with van der Waals surface area (Å²) in [6.07, 6.45) is 3.05. The van der Waals surface area contributed by atoms with Crippen molar-refractivity contribution < 1.29 is 28.5 Å². The van der Waals surface area contributed by atoms with Crippen LogP contribution in [0.1, 0.15) is 35.3 Å². The highest BCUT2D eigenvalue weighted by atomic mass is 32.1. The number of aromatic nitrogens is 1. The predicted molar refractivity (Wildman–Crippen MR) is 134 cm³/mol. The van der Waals surface area contributed by atoms with Gasteiger partial charge in [0, 0.05) is 0 Å². The second kappa shape index (κ2) is 12.0. The van der Waals surface area contributed by atoms with Gasteiger partial charge in [-0.1, -0.05) is 18.2 Å². The van der Waals surface area contributed by atoms with E-state index in [4.69, 9.17) is 18.9 Å². The Morgan fingerprint density at radius 3 is 2.37 bits per heavy atom. The standard InChI is InChI=1S/C26H27NO7S/c1-5-33-20-12-9-18(13-21(20)31-3)14-22-25(29)27(23(35-22)15-24(28)34-6-2)16-17-7-10-19(11-8-17)26(30)32-4/h7-15H,5-6,16H2,1-4H3/b22-14-,23-15-. The van der Waals surface area contributed by atoms with E-state index in [0.717, 1.165) is 11.1 Å². The molecule has 0 fully saturated rings. The Morgan fingerprint density at radius 2 is 1.74 bits per heavy atom. The zero-order chi connectivity index (χ0) is 25.4. The van der Waals surface area contributed by atoms with E-state index in [-0.39, 0.29) is 18.7 Å². The van der Waals surface area contributed by atoms with Crippen molar-refractivity contribution in [1.29, 1.82) is 0 Å². The normalized spacial score (nSPS) is 11.9. The van der Waals surface area contributed by atoms with Gasteiger partial charge in [-0.05, 0) is 55.3 Å². The lowest BCUT2D eigenvalue weighted by Crippen LogP contribution is -2.32. The molecule has 9 heteroatoms. The maximum absolute atomic E-state index is 13.3. The molecule has 0 N–H and O–H groups in total. The molecule has 1 aromatic heterocycles. The van der Waals surface area contributed by atoms with E-state index in [0.29, 0.717) is 32.9 Å². The van der Waals surface area contributed by atoms with Gasteiger partial charge in [-0.25, -0.2) is 9.59 Å². The summed E-state index contributed by atoms with van der Waals surface area (Å²) in [5, 5.41) is 0. The topological polar surface area (TPSA) is 93.1 Å². The number of thiazole rings is 1. The summed E-state index contributed by atoms with van der Waals surface area (Å²) >= 11 is 1.19. The number of benzene rings is 2. The Kier molecular flexibility index (Phi) is 8.86. The highest BCUT2D eigenvalue weighted by molar-refractivity contribution is 7.07. The molecule has 0 unspecified atom stereocenters. The van der Waals surface area contributed by atoms with Crippen LogP contribution in [0.4, 0.5) is 0 Å². The lowest BCUT2D eigenvalue weighted by Gasteiger charge is -2.09. The van der Waals surface area contributed by atoms with Crippen molar-refractivity contribution in [2.24, 2.45) is 0 Å². The molecule has 3 rings (SSSR count). The van der Waals surface area contributed by atoms with Crippen LogP contribution in [0.3, 0.4) is 0 Å². The molecule has 8 nitrogen and oxygen atoms in total. The SMILES string of the molecule is CCOC(=O)/C=c1\s/c(=C\c2ccc(OCC)c(OC)c2)c(=O)n1Cc1ccc(C(=O)OC)cc1. The molecular formula is C26H27NO7S. The fraction of sp³-hybridized carbons (Fsp3) is 0.269. The van der Waals surface area contributed by atoms with Crippen molar-refractivity contribution in [3.05, 3.63) is 78.7 Å². The molecule has 0 bridgehead atoms. The quantitative estimate of drug-likeness (QED) is 0.419. The third kappa shape index (κ3) is 6.39. The number of nitrogens with zero attached hydrogens (tertiary/aromatic N) is 1. The van der Waals surface area contributed by atoms with Crippen LogP contribution in [0.5, 0.6) is 11.5 Å². The van der Waals surface area contributed by atoms with Gasteiger partial charge in [-0.3, -0.25) is 9.36 Å². The van der Waals surface area contributed by atoms with Crippen molar-refractivity contribution >= 4 is 35.4 Å². The van der Waals surface area contributed by atoms with Crippen molar-refractivity contribution in [3.8, 4) is 11.5 Å². The van der Waals surface area contributed by atoms with E-state index in [1.807, 2.05) is 13.0 Å². The summed E-state index contributed by atoms with van der Waals surface area (Å²) in [5.41, 5.74) is 1.69. The van der Waals surface area contributed by atoms with Gasteiger partial charge in [0.2, 0.25) is 0 Å². The number of esters is 2. The number of hydrogen-bond acceptors (Lipinski definition) is 8. The summed E-state index contributed by atoms with van der Waals surface area (Å²) in [4.78, 5) is 37.2. The Hall–Kier alpha value is -3.85. The summed E-state index contributed by atoms with van der Waals surface area (Å²) in [6.45, 7) is 4.54. The third-order valence-electron chi connectivity index (χ3n) is 4.97. The smallest absolute Gasteiger partial charge is 0.337 e. The molecular weight excluding hydrogens is 470 g/mol. The molecule has 0 aliphatic heterocycles. The van der Waals surface area contributed by atoms with Gasteiger partial charge in [-0.15, -0.1) is 11.3 Å². The highest BCUT2D eigenvalue weighted by Gasteiger charge is 2.11. The van der Waals surface area contributed by atoms with E-state index in [2.05, 4.69) is 0 Å². The van der Waals surface area contributed by atoms with Crippen LogP contribution in [0.2, 0.25) is 0 Å². The van der Waals surface area contributed by atoms with Crippen LogP contribution in [0.15, 0.2) is 47.3 Å². The average Bonchev–Trinajstić information content (AvgIpc) is 3.13. The van der Waals surface area contributed by atoms with Gasteiger partial charge in [0.25, 0.3) is 5.56 Å². The van der Waals surface area contributed by atoms with E-state index >= 15 is 0 Å². The van der Waals surface area contributed by atoms with E-state index in [1.54, 1.807) is 56.5 Å². The number of carbonyl (C=O) groups excluding carboxylic acids is 2. The van der Waals surface area contributed by atoms with E-state index < -0.39 is 11.9 Å². The first kappa shape index (κ1) is 25.8. The van der Waals surface area contributed by atoms with Gasteiger partial charge in [-0.2, -0.15) is 0 Å². The number of rotatable bonds is 9. The molecule has 0 saturated carbocycles. The molecule has 0 spiro atoms. The van der Waals surface area contributed by atoms with Gasteiger partial charge in [0.1, 0.15) is 4.66 Å². The van der Waals surface area contributed by atoms with E-state index in [9.17, 15) is 14.4 Å². The zero-order valence-corrected chi connectivity index (χ0v) is 20.8. The Labute approximate surface area is 206 Å². The average molecular weight is 498 g/mol. The molecule has 0 atom stereocenters. The van der Waals surface area contributed by atoms with Crippen LogP contribution < -0.4 is 24.2 Å². The lowest BCUT2D eigenvalue weighted by molar-refractivity contribution is -0.135. The Balaban J connectivity index is 2.07. The van der Waals surface area contributed by atoms with Gasteiger partial charge in [0.15, 0.2) is 11.5 Å². The number of hydrogen-bond donors (Lipinski definition) is 0. The first-order chi connectivity index (χ1) is 16.9. The molecule has 0 saturated heterocycles. The molecule has 184 valence electrons. The van der Waals surface area contributed by atoms with Crippen molar-refractivity contribution in [2.75, 3.05) is 27.4 Å². The molecule has 3 aromatic rings. The molecule has 2 aromatic carbocycles. The minimum absolute atomic E-state index is 0.211.